The molecule has 0 aliphatic heterocycles. The zero-order valence-electron chi connectivity index (χ0n) is 9.63. The second-order valence-electron chi connectivity index (χ2n) is 5.07. The van der Waals surface area contributed by atoms with Gasteiger partial charge >= 0.3 is 0 Å². The van der Waals surface area contributed by atoms with Gasteiger partial charge in [0.2, 0.25) is 0 Å². The first-order valence-electron chi connectivity index (χ1n) is 5.14. The van der Waals surface area contributed by atoms with E-state index < -0.39 is 0 Å². The molecule has 0 N–H and O–H groups in total. The monoisotopic (exact) mass is 205 g/mol. The molecule has 2 rings (SSSR count). The molecule has 1 aromatic carbocycles. The van der Waals surface area contributed by atoms with E-state index in [-0.39, 0.29) is 11.2 Å². The van der Waals surface area contributed by atoms with Crippen LogP contribution in [0.25, 0.3) is 10.9 Å². The minimum atomic E-state index is -0.177. The van der Waals surface area contributed by atoms with Crippen molar-refractivity contribution in [3.8, 4) is 0 Å². The third-order valence-corrected chi connectivity index (χ3v) is 2.76. The van der Waals surface area contributed by atoms with Crippen molar-refractivity contribution in [2.45, 2.75) is 26.2 Å². The lowest BCUT2D eigenvalue weighted by Gasteiger charge is -2.17. The van der Waals surface area contributed by atoms with Crippen molar-refractivity contribution in [3.05, 3.63) is 35.8 Å². The van der Waals surface area contributed by atoms with E-state index in [0.29, 0.717) is 0 Å². The fourth-order valence-corrected chi connectivity index (χ4v) is 1.95. The van der Waals surface area contributed by atoms with Crippen molar-refractivity contribution >= 4 is 10.9 Å². The van der Waals surface area contributed by atoms with E-state index in [1.165, 1.54) is 11.6 Å². The number of benzene rings is 1. The number of hydrogen-bond acceptors (Lipinski definition) is 0. The van der Waals surface area contributed by atoms with Gasteiger partial charge in [0.15, 0.2) is 0 Å². The van der Waals surface area contributed by atoms with Gasteiger partial charge in [0.1, 0.15) is 5.82 Å². The Balaban J connectivity index is 2.79. The van der Waals surface area contributed by atoms with E-state index >= 15 is 0 Å². The fraction of sp³-hybridized carbons (Fsp3) is 0.385. The molecule has 80 valence electrons. The second-order valence-corrected chi connectivity index (χ2v) is 5.07. The maximum absolute atomic E-state index is 13.1. The molecule has 0 radical (unpaired) electrons. The average molecular weight is 205 g/mol. The molecule has 0 saturated carbocycles. The molecule has 0 atom stereocenters. The summed E-state index contributed by atoms with van der Waals surface area (Å²) >= 11 is 0. The standard InChI is InChI=1S/C13H16FN/c1-13(2,3)11-8-15(4)12-7-9(14)5-6-10(11)12/h5-8H,1-4H3. The summed E-state index contributed by atoms with van der Waals surface area (Å²) in [6, 6.07) is 4.98. The van der Waals surface area contributed by atoms with Gasteiger partial charge in [-0.25, -0.2) is 4.39 Å². The van der Waals surface area contributed by atoms with Gasteiger partial charge in [-0.2, -0.15) is 0 Å². The molecule has 0 spiro atoms. The quantitative estimate of drug-likeness (QED) is 0.619. The van der Waals surface area contributed by atoms with Gasteiger partial charge in [0, 0.05) is 18.6 Å². The highest BCUT2D eigenvalue weighted by Gasteiger charge is 2.19. The smallest absolute Gasteiger partial charge is 0.125 e. The molecule has 2 aromatic rings. The van der Waals surface area contributed by atoms with Gasteiger partial charge in [0.25, 0.3) is 0 Å². The third kappa shape index (κ3) is 1.65. The number of nitrogens with zero attached hydrogens (tertiary/aromatic N) is 1. The van der Waals surface area contributed by atoms with Gasteiger partial charge in [-0.15, -0.1) is 0 Å². The summed E-state index contributed by atoms with van der Waals surface area (Å²) < 4.78 is 15.1. The van der Waals surface area contributed by atoms with Crippen molar-refractivity contribution < 1.29 is 4.39 Å². The molecule has 1 aromatic heterocycles. The van der Waals surface area contributed by atoms with E-state index in [1.54, 1.807) is 6.07 Å². The molecule has 15 heavy (non-hydrogen) atoms. The van der Waals surface area contributed by atoms with Crippen LogP contribution in [-0.4, -0.2) is 4.57 Å². The SMILES string of the molecule is Cn1cc(C(C)(C)C)c2ccc(F)cc21. The molecule has 0 aliphatic carbocycles. The van der Waals surface area contributed by atoms with Crippen LogP contribution >= 0.6 is 0 Å². The molecule has 2 heteroatoms. The number of halogens is 1. The van der Waals surface area contributed by atoms with Crippen LogP contribution in [0.5, 0.6) is 0 Å². The van der Waals surface area contributed by atoms with Crippen LogP contribution in [0.1, 0.15) is 26.3 Å². The maximum Gasteiger partial charge on any atom is 0.125 e. The minimum absolute atomic E-state index is 0.0946. The largest absolute Gasteiger partial charge is 0.350 e. The number of aryl methyl sites for hydroxylation is 1. The first kappa shape index (κ1) is 10.2. The highest BCUT2D eigenvalue weighted by Crippen LogP contribution is 2.31. The van der Waals surface area contributed by atoms with E-state index in [0.717, 1.165) is 10.9 Å². The molecule has 0 amide bonds. The zero-order valence-corrected chi connectivity index (χ0v) is 9.63. The third-order valence-electron chi connectivity index (χ3n) is 2.76. The second kappa shape index (κ2) is 3.09. The van der Waals surface area contributed by atoms with E-state index in [4.69, 9.17) is 0 Å². The van der Waals surface area contributed by atoms with Crippen molar-refractivity contribution in [1.82, 2.24) is 4.57 Å². The van der Waals surface area contributed by atoms with Crippen LogP contribution in [0, 0.1) is 5.82 Å². The predicted molar refractivity (Wildman–Crippen MR) is 61.6 cm³/mol. The Bertz CT molecular complexity index is 503. The van der Waals surface area contributed by atoms with Gasteiger partial charge in [-0.1, -0.05) is 20.8 Å². The summed E-state index contributed by atoms with van der Waals surface area (Å²) in [6.07, 6.45) is 2.09. The molecule has 1 heterocycles. The Labute approximate surface area is 89.5 Å². The Morgan fingerprint density at radius 1 is 1.20 bits per heavy atom. The first-order chi connectivity index (χ1) is 6.89. The van der Waals surface area contributed by atoms with E-state index in [2.05, 4.69) is 27.0 Å². The van der Waals surface area contributed by atoms with Crippen LogP contribution in [0.2, 0.25) is 0 Å². The van der Waals surface area contributed by atoms with Crippen molar-refractivity contribution in [2.24, 2.45) is 7.05 Å². The van der Waals surface area contributed by atoms with Crippen LogP contribution in [0.4, 0.5) is 4.39 Å². The van der Waals surface area contributed by atoms with Crippen LogP contribution in [0.15, 0.2) is 24.4 Å². The van der Waals surface area contributed by atoms with Gasteiger partial charge in [-0.3, -0.25) is 0 Å². The van der Waals surface area contributed by atoms with Crippen molar-refractivity contribution in [2.75, 3.05) is 0 Å². The highest BCUT2D eigenvalue weighted by molar-refractivity contribution is 5.85. The molecule has 0 aliphatic rings. The lowest BCUT2D eigenvalue weighted by Crippen LogP contribution is -2.10. The Morgan fingerprint density at radius 3 is 2.47 bits per heavy atom. The highest BCUT2D eigenvalue weighted by atomic mass is 19.1. The minimum Gasteiger partial charge on any atom is -0.350 e. The van der Waals surface area contributed by atoms with Crippen LogP contribution in [-0.2, 0) is 12.5 Å². The van der Waals surface area contributed by atoms with Gasteiger partial charge < -0.3 is 4.57 Å². The summed E-state index contributed by atoms with van der Waals surface area (Å²) in [4.78, 5) is 0. The summed E-state index contributed by atoms with van der Waals surface area (Å²) in [5.41, 5.74) is 2.32. The summed E-state index contributed by atoms with van der Waals surface area (Å²) in [5.74, 6) is -0.177. The fourth-order valence-electron chi connectivity index (χ4n) is 1.95. The Hall–Kier alpha value is -1.31. The van der Waals surface area contributed by atoms with E-state index in [9.17, 15) is 4.39 Å². The maximum atomic E-state index is 13.1. The summed E-state index contributed by atoms with van der Waals surface area (Å²) in [7, 11) is 1.96. The predicted octanol–water partition coefficient (Wildman–Crippen LogP) is 3.61. The molecule has 0 unspecified atom stereocenters. The van der Waals surface area contributed by atoms with Crippen LogP contribution in [0.3, 0.4) is 0 Å². The molecule has 0 fully saturated rings. The Kier molecular flexibility index (Phi) is 2.10. The number of fused-ring (bicyclic) bond motifs is 1. The number of hydrogen-bond donors (Lipinski definition) is 0. The molecule has 0 saturated heterocycles. The normalized spacial score (nSPS) is 12.3. The Morgan fingerprint density at radius 2 is 1.87 bits per heavy atom. The van der Waals surface area contributed by atoms with E-state index in [1.807, 2.05) is 17.7 Å². The molecular formula is C13H16FN. The topological polar surface area (TPSA) is 4.93 Å². The summed E-state index contributed by atoms with van der Waals surface area (Å²) in [5, 5.41) is 1.14. The van der Waals surface area contributed by atoms with Crippen molar-refractivity contribution in [1.29, 1.82) is 0 Å². The van der Waals surface area contributed by atoms with Crippen LogP contribution < -0.4 is 0 Å². The zero-order chi connectivity index (χ0) is 11.2. The van der Waals surface area contributed by atoms with Crippen molar-refractivity contribution in [3.63, 3.8) is 0 Å². The first-order valence-corrected chi connectivity index (χ1v) is 5.14. The lowest BCUT2D eigenvalue weighted by molar-refractivity contribution is 0.593. The molecule has 0 bridgehead atoms. The summed E-state index contributed by atoms with van der Waals surface area (Å²) in [6.45, 7) is 6.52. The number of rotatable bonds is 0. The average Bonchev–Trinajstić information content (AvgIpc) is 2.43. The van der Waals surface area contributed by atoms with Gasteiger partial charge in [0.05, 0.1) is 5.52 Å². The molecule has 1 nitrogen and oxygen atoms in total. The molecular weight excluding hydrogens is 189 g/mol. The lowest BCUT2D eigenvalue weighted by atomic mass is 9.87. The number of aromatic nitrogens is 1. The van der Waals surface area contributed by atoms with Gasteiger partial charge in [-0.05, 0) is 29.2 Å².